The number of hydrogen-bond donors (Lipinski definition) is 1. The lowest BCUT2D eigenvalue weighted by Crippen LogP contribution is -2.24. The Morgan fingerprint density at radius 1 is 1.34 bits per heavy atom. The van der Waals surface area contributed by atoms with E-state index in [-0.39, 0.29) is 17.8 Å². The highest BCUT2D eigenvalue weighted by molar-refractivity contribution is 7.99. The number of nitrogens with zero attached hydrogens (tertiary/aromatic N) is 3. The number of para-hydroxylation sites is 1. The molecule has 0 aliphatic rings. The molecule has 29 heavy (non-hydrogen) atoms. The molecule has 0 saturated carbocycles. The van der Waals surface area contributed by atoms with Gasteiger partial charge in [0.2, 0.25) is 5.91 Å². The van der Waals surface area contributed by atoms with Crippen molar-refractivity contribution in [3.63, 3.8) is 0 Å². The van der Waals surface area contributed by atoms with Gasteiger partial charge < -0.3 is 14.5 Å². The number of aromatic nitrogens is 3. The van der Waals surface area contributed by atoms with Crippen LogP contribution >= 0.6 is 11.8 Å². The van der Waals surface area contributed by atoms with E-state index in [0.29, 0.717) is 29.8 Å². The second-order valence-electron chi connectivity index (χ2n) is 6.41. The molecule has 0 aliphatic heterocycles. The number of rotatable bonds is 10. The predicted molar refractivity (Wildman–Crippen MR) is 112 cm³/mol. The Kier molecular flexibility index (Phi) is 7.13. The SMILES string of the molecule is C=CCn1c(SCC(=O)NCc2ccco2)nnc1C(C)Oc1ccccc1C. The second-order valence-corrected chi connectivity index (χ2v) is 7.35. The van der Waals surface area contributed by atoms with Gasteiger partial charge in [0.05, 0.1) is 18.6 Å². The van der Waals surface area contributed by atoms with E-state index < -0.39 is 0 Å². The van der Waals surface area contributed by atoms with E-state index in [4.69, 9.17) is 9.15 Å². The quantitative estimate of drug-likeness (QED) is 0.402. The third-order valence-corrected chi connectivity index (χ3v) is 5.16. The highest BCUT2D eigenvalue weighted by Crippen LogP contribution is 2.26. The van der Waals surface area contributed by atoms with Crippen molar-refractivity contribution in [3.05, 3.63) is 72.5 Å². The minimum absolute atomic E-state index is 0.106. The maximum absolute atomic E-state index is 12.1. The fourth-order valence-electron chi connectivity index (χ4n) is 2.72. The van der Waals surface area contributed by atoms with Crippen molar-refractivity contribution in [1.29, 1.82) is 0 Å². The van der Waals surface area contributed by atoms with E-state index >= 15 is 0 Å². The van der Waals surface area contributed by atoms with Crippen LogP contribution in [-0.2, 0) is 17.9 Å². The van der Waals surface area contributed by atoms with Crippen molar-refractivity contribution in [3.8, 4) is 5.75 Å². The van der Waals surface area contributed by atoms with Crippen LogP contribution in [0.25, 0.3) is 0 Å². The first-order valence-electron chi connectivity index (χ1n) is 9.26. The Hall–Kier alpha value is -3.00. The van der Waals surface area contributed by atoms with Gasteiger partial charge >= 0.3 is 0 Å². The average molecular weight is 413 g/mol. The monoisotopic (exact) mass is 412 g/mol. The Morgan fingerprint density at radius 2 is 2.17 bits per heavy atom. The molecular formula is C21H24N4O3S. The summed E-state index contributed by atoms with van der Waals surface area (Å²) < 4.78 is 13.2. The maximum Gasteiger partial charge on any atom is 0.230 e. The van der Waals surface area contributed by atoms with Gasteiger partial charge in [0.15, 0.2) is 17.1 Å². The van der Waals surface area contributed by atoms with Crippen LogP contribution in [0.1, 0.15) is 30.2 Å². The van der Waals surface area contributed by atoms with Crippen LogP contribution in [0.3, 0.4) is 0 Å². The first-order chi connectivity index (χ1) is 14.1. The molecule has 152 valence electrons. The summed E-state index contributed by atoms with van der Waals surface area (Å²) in [6.07, 6.45) is 3.05. The Bertz CT molecular complexity index is 953. The van der Waals surface area contributed by atoms with Gasteiger partial charge in [-0.25, -0.2) is 0 Å². The standard InChI is InChI=1S/C21H24N4O3S/c1-4-11-25-20(16(3)28-18-10-6-5-8-15(18)2)23-24-21(25)29-14-19(26)22-13-17-9-7-12-27-17/h4-10,12,16H,1,11,13-14H2,2-3H3,(H,22,26). The van der Waals surface area contributed by atoms with E-state index in [1.807, 2.05) is 48.7 Å². The zero-order valence-corrected chi connectivity index (χ0v) is 17.3. The summed E-state index contributed by atoms with van der Waals surface area (Å²) in [6.45, 7) is 8.63. The molecule has 7 nitrogen and oxygen atoms in total. The molecule has 0 aliphatic carbocycles. The molecule has 3 rings (SSSR count). The summed E-state index contributed by atoms with van der Waals surface area (Å²) in [5.41, 5.74) is 1.05. The van der Waals surface area contributed by atoms with Gasteiger partial charge in [0, 0.05) is 6.54 Å². The average Bonchev–Trinajstić information content (AvgIpc) is 3.37. The lowest BCUT2D eigenvalue weighted by atomic mass is 10.2. The number of amides is 1. The topological polar surface area (TPSA) is 82.2 Å². The molecule has 0 fully saturated rings. The molecular weight excluding hydrogens is 388 g/mol. The van der Waals surface area contributed by atoms with Gasteiger partial charge in [-0.05, 0) is 37.6 Å². The first kappa shape index (κ1) is 20.7. The number of carbonyl (C=O) groups is 1. The van der Waals surface area contributed by atoms with Crippen molar-refractivity contribution in [2.75, 3.05) is 5.75 Å². The molecule has 1 aromatic carbocycles. The lowest BCUT2D eigenvalue weighted by Gasteiger charge is -2.17. The van der Waals surface area contributed by atoms with Gasteiger partial charge in [0.1, 0.15) is 11.5 Å². The molecule has 1 amide bonds. The number of ether oxygens (including phenoxy) is 1. The number of carbonyl (C=O) groups excluding carboxylic acids is 1. The maximum atomic E-state index is 12.1. The van der Waals surface area contributed by atoms with Crippen LogP contribution in [0, 0.1) is 6.92 Å². The molecule has 2 aromatic heterocycles. The van der Waals surface area contributed by atoms with E-state index in [1.165, 1.54) is 11.8 Å². The lowest BCUT2D eigenvalue weighted by molar-refractivity contribution is -0.118. The number of benzene rings is 1. The van der Waals surface area contributed by atoms with Gasteiger partial charge in [0.25, 0.3) is 0 Å². The summed E-state index contributed by atoms with van der Waals surface area (Å²) >= 11 is 1.32. The predicted octanol–water partition coefficient (Wildman–Crippen LogP) is 3.91. The molecule has 0 radical (unpaired) electrons. The number of allylic oxidation sites excluding steroid dienone is 1. The molecule has 0 spiro atoms. The van der Waals surface area contributed by atoms with E-state index in [9.17, 15) is 4.79 Å². The third kappa shape index (κ3) is 5.51. The minimum Gasteiger partial charge on any atom is -0.482 e. The molecule has 0 bridgehead atoms. The second kappa shape index (κ2) is 9.97. The zero-order valence-electron chi connectivity index (χ0n) is 16.5. The Balaban J connectivity index is 1.63. The molecule has 3 aromatic rings. The van der Waals surface area contributed by atoms with Crippen molar-refractivity contribution in [1.82, 2.24) is 20.1 Å². The number of aryl methyl sites for hydroxylation is 1. The van der Waals surface area contributed by atoms with Gasteiger partial charge in [-0.15, -0.1) is 16.8 Å². The smallest absolute Gasteiger partial charge is 0.230 e. The Morgan fingerprint density at radius 3 is 2.90 bits per heavy atom. The highest BCUT2D eigenvalue weighted by Gasteiger charge is 2.20. The van der Waals surface area contributed by atoms with Crippen LogP contribution < -0.4 is 10.1 Å². The van der Waals surface area contributed by atoms with Gasteiger partial charge in [-0.2, -0.15) is 0 Å². The van der Waals surface area contributed by atoms with Crippen LogP contribution in [-0.4, -0.2) is 26.4 Å². The fourth-order valence-corrected chi connectivity index (χ4v) is 3.50. The van der Waals surface area contributed by atoms with Crippen molar-refractivity contribution in [2.45, 2.75) is 38.2 Å². The fraction of sp³-hybridized carbons (Fsp3) is 0.286. The molecule has 1 N–H and O–H groups in total. The summed E-state index contributed by atoms with van der Waals surface area (Å²) in [5.74, 6) is 2.32. The molecule has 1 unspecified atom stereocenters. The van der Waals surface area contributed by atoms with Crippen molar-refractivity contribution >= 4 is 17.7 Å². The van der Waals surface area contributed by atoms with E-state index in [2.05, 4.69) is 22.1 Å². The van der Waals surface area contributed by atoms with Crippen molar-refractivity contribution in [2.24, 2.45) is 0 Å². The minimum atomic E-state index is -0.300. The number of nitrogens with one attached hydrogen (secondary N) is 1. The number of furan rings is 1. The number of hydrogen-bond acceptors (Lipinski definition) is 6. The van der Waals surface area contributed by atoms with Crippen LogP contribution in [0.2, 0.25) is 0 Å². The number of thioether (sulfide) groups is 1. The Labute approximate surface area is 174 Å². The van der Waals surface area contributed by atoms with Crippen LogP contribution in [0.15, 0.2) is 64.9 Å². The van der Waals surface area contributed by atoms with Crippen LogP contribution in [0.5, 0.6) is 5.75 Å². The van der Waals surface area contributed by atoms with Crippen LogP contribution in [0.4, 0.5) is 0 Å². The largest absolute Gasteiger partial charge is 0.482 e. The summed E-state index contributed by atoms with van der Waals surface area (Å²) in [7, 11) is 0. The zero-order chi connectivity index (χ0) is 20.6. The van der Waals surface area contributed by atoms with Crippen molar-refractivity contribution < 1.29 is 13.9 Å². The summed E-state index contributed by atoms with van der Waals surface area (Å²) in [6, 6.07) is 11.4. The first-order valence-corrected chi connectivity index (χ1v) is 10.2. The van der Waals surface area contributed by atoms with Gasteiger partial charge in [-0.1, -0.05) is 36.0 Å². The molecule has 1 atom stereocenters. The third-order valence-electron chi connectivity index (χ3n) is 4.19. The van der Waals surface area contributed by atoms with Gasteiger partial charge in [-0.3, -0.25) is 9.36 Å². The molecule has 0 saturated heterocycles. The molecule has 2 heterocycles. The molecule has 8 heteroatoms. The normalized spacial score (nSPS) is 11.8. The van der Waals surface area contributed by atoms with E-state index in [1.54, 1.807) is 18.4 Å². The summed E-state index contributed by atoms with van der Waals surface area (Å²) in [5, 5.41) is 12.0. The van der Waals surface area contributed by atoms with E-state index in [0.717, 1.165) is 11.3 Å². The summed E-state index contributed by atoms with van der Waals surface area (Å²) in [4.78, 5) is 12.1. The highest BCUT2D eigenvalue weighted by atomic mass is 32.2.